The Morgan fingerprint density at radius 3 is 2.39 bits per heavy atom. The lowest BCUT2D eigenvalue weighted by molar-refractivity contribution is -0.151. The monoisotopic (exact) mass is 318 g/mol. The van der Waals surface area contributed by atoms with Crippen LogP contribution in [0.3, 0.4) is 0 Å². The van der Waals surface area contributed by atoms with Gasteiger partial charge in [0, 0.05) is 5.92 Å². The van der Waals surface area contributed by atoms with Gasteiger partial charge in [0.25, 0.3) is 0 Å². The third-order valence-corrected chi connectivity index (χ3v) is 7.01. The van der Waals surface area contributed by atoms with Gasteiger partial charge in [0.15, 0.2) is 0 Å². The smallest absolute Gasteiger partial charge is 0.206 e. The molecule has 0 aliphatic heterocycles. The van der Waals surface area contributed by atoms with Crippen molar-refractivity contribution in [3.8, 4) is 0 Å². The lowest BCUT2D eigenvalue weighted by atomic mass is 9.45. The van der Waals surface area contributed by atoms with Gasteiger partial charge in [0.1, 0.15) is 0 Å². The van der Waals surface area contributed by atoms with Crippen LogP contribution in [-0.4, -0.2) is 22.8 Å². The second-order valence-electron chi connectivity index (χ2n) is 9.25. The Bertz CT molecular complexity index is 571. The SMILES string of the molecule is CC(C)C1C=C2C(C(=O)C1=O)[C@@]1(C)CCCC(C)(C)[C@@H]1C[C@@H]2O. The molecule has 0 aromatic rings. The molecule has 0 radical (unpaired) electrons. The van der Waals surface area contributed by atoms with Crippen LogP contribution in [0.15, 0.2) is 11.6 Å². The number of aliphatic hydroxyl groups excluding tert-OH is 1. The standard InChI is InChI=1S/C20H30O3/c1-11(2)12-9-13-14(21)10-15-19(3,4)7-6-8-20(15,5)16(13)18(23)17(12)22/h9,11-12,14-16,21H,6-8,10H2,1-5H3/t12?,14-,15-,16?,20-/m0/s1. The van der Waals surface area contributed by atoms with E-state index in [2.05, 4.69) is 20.8 Å². The molecule has 0 saturated heterocycles. The van der Waals surface area contributed by atoms with Gasteiger partial charge in [-0.2, -0.15) is 0 Å². The molecule has 2 unspecified atom stereocenters. The van der Waals surface area contributed by atoms with E-state index in [1.54, 1.807) is 0 Å². The minimum absolute atomic E-state index is 0.0976. The first kappa shape index (κ1) is 16.9. The van der Waals surface area contributed by atoms with E-state index in [1.807, 2.05) is 19.9 Å². The maximum atomic E-state index is 13.0. The zero-order valence-corrected chi connectivity index (χ0v) is 15.1. The number of carbonyl (C=O) groups excluding carboxylic acids is 2. The van der Waals surface area contributed by atoms with E-state index >= 15 is 0 Å². The highest BCUT2D eigenvalue weighted by atomic mass is 16.3. The van der Waals surface area contributed by atoms with Crippen LogP contribution in [0.1, 0.15) is 60.3 Å². The second-order valence-corrected chi connectivity index (χ2v) is 9.25. The lowest BCUT2D eigenvalue weighted by Gasteiger charge is -2.59. The Morgan fingerprint density at radius 2 is 1.78 bits per heavy atom. The summed E-state index contributed by atoms with van der Waals surface area (Å²) in [5, 5.41) is 10.8. The molecule has 0 aromatic carbocycles. The van der Waals surface area contributed by atoms with Gasteiger partial charge < -0.3 is 5.11 Å². The summed E-state index contributed by atoms with van der Waals surface area (Å²) in [5.41, 5.74) is 0.754. The summed E-state index contributed by atoms with van der Waals surface area (Å²) in [5.74, 6) is -0.872. The molecule has 3 heteroatoms. The first-order valence-electron chi connectivity index (χ1n) is 9.07. The summed E-state index contributed by atoms with van der Waals surface area (Å²) in [7, 11) is 0. The molecule has 0 aromatic heterocycles. The van der Waals surface area contributed by atoms with Crippen molar-refractivity contribution in [2.24, 2.45) is 34.5 Å². The number of hydrogen-bond donors (Lipinski definition) is 1. The van der Waals surface area contributed by atoms with Crippen LogP contribution in [0.25, 0.3) is 0 Å². The second kappa shape index (κ2) is 5.27. The Balaban J connectivity index is 2.11. The van der Waals surface area contributed by atoms with E-state index in [0.717, 1.165) is 31.3 Å². The average molecular weight is 318 g/mol. The van der Waals surface area contributed by atoms with Gasteiger partial charge in [-0.3, -0.25) is 9.59 Å². The molecule has 1 N–H and O–H groups in total. The van der Waals surface area contributed by atoms with E-state index in [9.17, 15) is 14.7 Å². The van der Waals surface area contributed by atoms with Crippen molar-refractivity contribution in [1.29, 1.82) is 0 Å². The fraction of sp³-hybridized carbons (Fsp3) is 0.800. The van der Waals surface area contributed by atoms with Crippen LogP contribution in [0.4, 0.5) is 0 Å². The minimum atomic E-state index is -0.575. The maximum absolute atomic E-state index is 13.0. The molecule has 3 rings (SSSR count). The lowest BCUT2D eigenvalue weighted by Crippen LogP contribution is -2.58. The minimum Gasteiger partial charge on any atom is -0.389 e. The van der Waals surface area contributed by atoms with Crippen molar-refractivity contribution < 1.29 is 14.7 Å². The van der Waals surface area contributed by atoms with Crippen molar-refractivity contribution in [3.63, 3.8) is 0 Å². The average Bonchev–Trinajstić information content (AvgIpc) is 2.43. The first-order chi connectivity index (χ1) is 10.6. The Morgan fingerprint density at radius 1 is 1.13 bits per heavy atom. The van der Waals surface area contributed by atoms with Crippen molar-refractivity contribution in [2.75, 3.05) is 0 Å². The zero-order valence-electron chi connectivity index (χ0n) is 15.1. The van der Waals surface area contributed by atoms with Crippen LogP contribution in [0, 0.1) is 34.5 Å². The predicted molar refractivity (Wildman–Crippen MR) is 89.8 cm³/mol. The molecule has 3 nitrogen and oxygen atoms in total. The van der Waals surface area contributed by atoms with E-state index < -0.39 is 12.0 Å². The van der Waals surface area contributed by atoms with Gasteiger partial charge in [-0.05, 0) is 47.5 Å². The predicted octanol–water partition coefficient (Wildman–Crippen LogP) is 3.55. The molecule has 5 atom stereocenters. The number of carbonyl (C=O) groups is 2. The number of Topliss-reactive ketones (excluding diaryl/α,β-unsaturated/α-hetero) is 2. The van der Waals surface area contributed by atoms with Gasteiger partial charge in [0.05, 0.1) is 12.0 Å². The van der Waals surface area contributed by atoms with Crippen molar-refractivity contribution in [3.05, 3.63) is 11.6 Å². The van der Waals surface area contributed by atoms with Gasteiger partial charge >= 0.3 is 0 Å². The number of rotatable bonds is 1. The fourth-order valence-electron chi connectivity index (χ4n) is 5.78. The Labute approximate surface area is 139 Å². The van der Waals surface area contributed by atoms with E-state index in [0.29, 0.717) is 0 Å². The number of hydrogen-bond acceptors (Lipinski definition) is 3. The number of fused-ring (bicyclic) bond motifs is 3. The van der Waals surface area contributed by atoms with E-state index in [4.69, 9.17) is 0 Å². The van der Waals surface area contributed by atoms with Crippen LogP contribution in [0.2, 0.25) is 0 Å². The van der Waals surface area contributed by atoms with Crippen LogP contribution < -0.4 is 0 Å². The Kier molecular flexibility index (Phi) is 3.87. The highest BCUT2D eigenvalue weighted by Crippen LogP contribution is 2.62. The molecule has 128 valence electrons. The van der Waals surface area contributed by atoms with E-state index in [1.165, 1.54) is 0 Å². The van der Waals surface area contributed by atoms with Gasteiger partial charge in [-0.1, -0.05) is 47.1 Å². The van der Waals surface area contributed by atoms with Crippen LogP contribution in [-0.2, 0) is 9.59 Å². The largest absolute Gasteiger partial charge is 0.389 e. The topological polar surface area (TPSA) is 54.4 Å². The molecular formula is C20H30O3. The number of aliphatic hydroxyl groups is 1. The molecule has 0 amide bonds. The molecule has 2 fully saturated rings. The molecule has 0 heterocycles. The zero-order chi connectivity index (χ0) is 17.2. The molecule has 0 spiro atoms. The van der Waals surface area contributed by atoms with Crippen molar-refractivity contribution in [2.45, 2.75) is 66.4 Å². The molecule has 3 aliphatic carbocycles. The fourth-order valence-corrected chi connectivity index (χ4v) is 5.78. The molecule has 3 aliphatic rings. The van der Waals surface area contributed by atoms with Crippen molar-refractivity contribution in [1.82, 2.24) is 0 Å². The summed E-state index contributed by atoms with van der Waals surface area (Å²) in [4.78, 5) is 25.6. The maximum Gasteiger partial charge on any atom is 0.206 e. The van der Waals surface area contributed by atoms with E-state index in [-0.39, 0.29) is 40.2 Å². The van der Waals surface area contributed by atoms with Gasteiger partial charge in [0.2, 0.25) is 11.6 Å². The Hall–Kier alpha value is -0.960. The molecule has 23 heavy (non-hydrogen) atoms. The summed E-state index contributed by atoms with van der Waals surface area (Å²) < 4.78 is 0. The van der Waals surface area contributed by atoms with Gasteiger partial charge in [-0.25, -0.2) is 0 Å². The normalized spacial score (nSPS) is 43.0. The molecule has 0 bridgehead atoms. The first-order valence-corrected chi connectivity index (χ1v) is 9.07. The highest BCUT2D eigenvalue weighted by Gasteiger charge is 2.60. The summed E-state index contributed by atoms with van der Waals surface area (Å²) in [6.45, 7) is 10.6. The summed E-state index contributed by atoms with van der Waals surface area (Å²) in [6, 6.07) is 0. The summed E-state index contributed by atoms with van der Waals surface area (Å²) >= 11 is 0. The number of ketones is 2. The third kappa shape index (κ3) is 2.34. The molecular weight excluding hydrogens is 288 g/mol. The van der Waals surface area contributed by atoms with Gasteiger partial charge in [-0.15, -0.1) is 0 Å². The quantitative estimate of drug-likeness (QED) is 0.594. The number of allylic oxidation sites excluding steroid dienone is 1. The van der Waals surface area contributed by atoms with Crippen LogP contribution >= 0.6 is 0 Å². The summed E-state index contributed by atoms with van der Waals surface area (Å²) in [6.07, 6.45) is 5.28. The van der Waals surface area contributed by atoms with Crippen LogP contribution in [0.5, 0.6) is 0 Å². The molecule has 2 saturated carbocycles. The highest BCUT2D eigenvalue weighted by molar-refractivity contribution is 6.40. The third-order valence-electron chi connectivity index (χ3n) is 7.01. The van der Waals surface area contributed by atoms with Crippen molar-refractivity contribution >= 4 is 11.6 Å².